The lowest BCUT2D eigenvalue weighted by Crippen LogP contribution is -2.42. The molecule has 106 valence electrons. The second-order valence-corrected chi connectivity index (χ2v) is 5.29. The van der Waals surface area contributed by atoms with Gasteiger partial charge in [-0.2, -0.15) is 0 Å². The van der Waals surface area contributed by atoms with Gasteiger partial charge >= 0.3 is 0 Å². The van der Waals surface area contributed by atoms with Crippen LogP contribution in [0, 0.1) is 17.5 Å². The van der Waals surface area contributed by atoms with Crippen LogP contribution in [0.25, 0.3) is 0 Å². The second kappa shape index (κ2) is 5.82. The minimum Gasteiger partial charge on any atom is -0.380 e. The monoisotopic (exact) mass is 272 g/mol. The molecular weight excluding hydrogens is 253 g/mol. The van der Waals surface area contributed by atoms with Crippen molar-refractivity contribution in [3.05, 3.63) is 29.6 Å². The first-order chi connectivity index (χ1) is 8.97. The quantitative estimate of drug-likeness (QED) is 0.848. The summed E-state index contributed by atoms with van der Waals surface area (Å²) in [7, 11) is 0. The van der Waals surface area contributed by atoms with Gasteiger partial charge in [-0.1, -0.05) is 0 Å². The van der Waals surface area contributed by atoms with Gasteiger partial charge in [-0.15, -0.1) is 0 Å². The molecule has 0 amide bonds. The van der Waals surface area contributed by atoms with Crippen LogP contribution in [0.1, 0.15) is 26.7 Å². The Balaban J connectivity index is 1.98. The molecule has 0 unspecified atom stereocenters. The molecule has 1 heterocycles. The van der Waals surface area contributed by atoms with Crippen molar-refractivity contribution in [1.82, 2.24) is 4.90 Å². The lowest BCUT2D eigenvalue weighted by atomic mass is 10.0. The zero-order valence-corrected chi connectivity index (χ0v) is 11.2. The van der Waals surface area contributed by atoms with Crippen LogP contribution in [-0.2, 0) is 0 Å². The van der Waals surface area contributed by atoms with Crippen LogP contribution in [0.5, 0.6) is 0 Å². The molecular formula is C14H19F3N2. The smallest absolute Gasteiger partial charge is 0.161 e. The Labute approximate surface area is 111 Å². The molecule has 19 heavy (non-hydrogen) atoms. The molecule has 1 saturated heterocycles. The van der Waals surface area contributed by atoms with Crippen LogP contribution in [0.3, 0.4) is 0 Å². The van der Waals surface area contributed by atoms with Crippen molar-refractivity contribution in [3.8, 4) is 0 Å². The molecule has 0 aliphatic carbocycles. The number of anilines is 1. The minimum atomic E-state index is -1.15. The number of hydrogen-bond acceptors (Lipinski definition) is 2. The van der Waals surface area contributed by atoms with Crippen LogP contribution in [0.4, 0.5) is 18.9 Å². The van der Waals surface area contributed by atoms with E-state index >= 15 is 0 Å². The van der Waals surface area contributed by atoms with E-state index in [0.717, 1.165) is 32.0 Å². The molecule has 0 radical (unpaired) electrons. The van der Waals surface area contributed by atoms with Gasteiger partial charge in [0, 0.05) is 37.3 Å². The second-order valence-electron chi connectivity index (χ2n) is 5.29. The largest absolute Gasteiger partial charge is 0.380 e. The summed E-state index contributed by atoms with van der Waals surface area (Å²) in [4.78, 5) is 2.35. The Hall–Kier alpha value is -1.23. The van der Waals surface area contributed by atoms with E-state index in [-0.39, 0.29) is 11.7 Å². The van der Waals surface area contributed by atoms with Crippen molar-refractivity contribution in [2.24, 2.45) is 0 Å². The van der Waals surface area contributed by atoms with Crippen molar-refractivity contribution in [1.29, 1.82) is 0 Å². The third-order valence-corrected chi connectivity index (χ3v) is 3.63. The lowest BCUT2D eigenvalue weighted by Gasteiger charge is -2.35. The molecule has 1 aliphatic heterocycles. The SMILES string of the molecule is CC(C)N1CCC(Nc2cc(F)c(F)cc2F)CC1. The third-order valence-electron chi connectivity index (χ3n) is 3.63. The van der Waals surface area contributed by atoms with Crippen LogP contribution in [0.15, 0.2) is 12.1 Å². The zero-order valence-electron chi connectivity index (χ0n) is 11.2. The first-order valence-electron chi connectivity index (χ1n) is 6.62. The highest BCUT2D eigenvalue weighted by molar-refractivity contribution is 5.46. The van der Waals surface area contributed by atoms with Gasteiger partial charge in [-0.3, -0.25) is 0 Å². The Morgan fingerprint density at radius 2 is 1.63 bits per heavy atom. The number of piperidine rings is 1. The predicted octanol–water partition coefficient (Wildman–Crippen LogP) is 3.39. The van der Waals surface area contributed by atoms with Crippen molar-refractivity contribution in [2.75, 3.05) is 18.4 Å². The van der Waals surface area contributed by atoms with E-state index in [1.54, 1.807) is 0 Å². The molecule has 1 aliphatic rings. The maximum absolute atomic E-state index is 13.5. The number of likely N-dealkylation sites (tertiary alicyclic amines) is 1. The molecule has 1 N–H and O–H groups in total. The van der Waals surface area contributed by atoms with E-state index in [9.17, 15) is 13.2 Å². The maximum Gasteiger partial charge on any atom is 0.161 e. The van der Waals surface area contributed by atoms with Crippen LogP contribution >= 0.6 is 0 Å². The summed E-state index contributed by atoms with van der Waals surface area (Å²) in [6, 6.07) is 2.08. The summed E-state index contributed by atoms with van der Waals surface area (Å²) in [6.45, 7) is 6.15. The summed E-state index contributed by atoms with van der Waals surface area (Å²) in [5, 5.41) is 2.97. The Kier molecular flexibility index (Phi) is 4.34. The van der Waals surface area contributed by atoms with Gasteiger partial charge in [-0.25, -0.2) is 13.2 Å². The number of nitrogens with one attached hydrogen (secondary N) is 1. The molecule has 1 fully saturated rings. The molecule has 0 bridgehead atoms. The van der Waals surface area contributed by atoms with Crippen LogP contribution in [-0.4, -0.2) is 30.1 Å². The van der Waals surface area contributed by atoms with Gasteiger partial charge < -0.3 is 10.2 Å². The summed E-state index contributed by atoms with van der Waals surface area (Å²) in [5.41, 5.74) is 0.0434. The average Bonchev–Trinajstić information content (AvgIpc) is 2.36. The van der Waals surface area contributed by atoms with Crippen molar-refractivity contribution >= 4 is 5.69 Å². The third kappa shape index (κ3) is 3.41. The van der Waals surface area contributed by atoms with E-state index in [2.05, 4.69) is 24.1 Å². The van der Waals surface area contributed by atoms with Gasteiger partial charge in [0.25, 0.3) is 0 Å². The van der Waals surface area contributed by atoms with Gasteiger partial charge in [-0.05, 0) is 26.7 Å². The first-order valence-corrected chi connectivity index (χ1v) is 6.62. The van der Waals surface area contributed by atoms with E-state index in [4.69, 9.17) is 0 Å². The number of nitrogens with zero attached hydrogens (tertiary/aromatic N) is 1. The number of rotatable bonds is 3. The number of benzene rings is 1. The molecule has 1 aromatic carbocycles. The fraction of sp³-hybridized carbons (Fsp3) is 0.571. The summed E-state index contributed by atoms with van der Waals surface area (Å²) < 4.78 is 39.4. The molecule has 5 heteroatoms. The summed E-state index contributed by atoms with van der Waals surface area (Å²) >= 11 is 0. The molecule has 0 aromatic heterocycles. The summed E-state index contributed by atoms with van der Waals surface area (Å²) in [6.07, 6.45) is 1.74. The molecule has 1 aromatic rings. The average molecular weight is 272 g/mol. The minimum absolute atomic E-state index is 0.0434. The molecule has 2 nitrogen and oxygen atoms in total. The highest BCUT2D eigenvalue weighted by Crippen LogP contribution is 2.22. The van der Waals surface area contributed by atoms with Crippen molar-refractivity contribution in [2.45, 2.75) is 38.8 Å². The fourth-order valence-corrected chi connectivity index (χ4v) is 2.41. The zero-order chi connectivity index (χ0) is 14.0. The Bertz CT molecular complexity index is 441. The van der Waals surface area contributed by atoms with Gasteiger partial charge in [0.1, 0.15) is 5.82 Å². The highest BCUT2D eigenvalue weighted by Gasteiger charge is 2.21. The van der Waals surface area contributed by atoms with Crippen LogP contribution in [0.2, 0.25) is 0 Å². The number of hydrogen-bond donors (Lipinski definition) is 1. The van der Waals surface area contributed by atoms with E-state index in [0.29, 0.717) is 12.1 Å². The molecule has 0 saturated carbocycles. The molecule has 2 rings (SSSR count). The fourth-order valence-electron chi connectivity index (χ4n) is 2.41. The van der Waals surface area contributed by atoms with Gasteiger partial charge in [0.15, 0.2) is 11.6 Å². The first kappa shape index (κ1) is 14.2. The van der Waals surface area contributed by atoms with Crippen LogP contribution < -0.4 is 5.32 Å². The van der Waals surface area contributed by atoms with E-state index < -0.39 is 17.5 Å². The Morgan fingerprint density at radius 3 is 2.21 bits per heavy atom. The normalized spacial score (nSPS) is 18.0. The van der Waals surface area contributed by atoms with Gasteiger partial charge in [0.05, 0.1) is 5.69 Å². The molecule has 0 atom stereocenters. The van der Waals surface area contributed by atoms with E-state index in [1.165, 1.54) is 0 Å². The standard InChI is InChI=1S/C14H19F3N2/c1-9(2)19-5-3-10(4-6-19)18-14-8-12(16)11(15)7-13(14)17/h7-10,18H,3-6H2,1-2H3. The van der Waals surface area contributed by atoms with Crippen molar-refractivity contribution in [3.63, 3.8) is 0 Å². The predicted molar refractivity (Wildman–Crippen MR) is 69.7 cm³/mol. The van der Waals surface area contributed by atoms with E-state index in [1.807, 2.05) is 0 Å². The highest BCUT2D eigenvalue weighted by atomic mass is 19.2. The molecule has 0 spiro atoms. The topological polar surface area (TPSA) is 15.3 Å². The maximum atomic E-state index is 13.5. The Morgan fingerprint density at radius 1 is 1.05 bits per heavy atom. The lowest BCUT2D eigenvalue weighted by molar-refractivity contribution is 0.177. The number of halogens is 3. The summed E-state index contributed by atoms with van der Waals surface area (Å²) in [5.74, 6) is -2.92. The van der Waals surface area contributed by atoms with Crippen molar-refractivity contribution < 1.29 is 13.2 Å². The van der Waals surface area contributed by atoms with Gasteiger partial charge in [0.2, 0.25) is 0 Å².